The Kier molecular flexibility index (Phi) is 5.05. The van der Waals surface area contributed by atoms with Crippen LogP contribution in [-0.2, 0) is 16.1 Å². The lowest BCUT2D eigenvalue weighted by molar-refractivity contribution is -0.137. The molecule has 0 saturated carbocycles. The van der Waals surface area contributed by atoms with E-state index in [4.69, 9.17) is 11.5 Å². The van der Waals surface area contributed by atoms with Gasteiger partial charge in [-0.25, -0.2) is 4.98 Å². The fraction of sp³-hybridized carbons (Fsp3) is 0.278. The van der Waals surface area contributed by atoms with Gasteiger partial charge in [-0.2, -0.15) is 9.97 Å². The summed E-state index contributed by atoms with van der Waals surface area (Å²) in [4.78, 5) is 39.6. The van der Waals surface area contributed by atoms with Crippen molar-refractivity contribution in [3.05, 3.63) is 35.1 Å². The lowest BCUT2D eigenvalue weighted by Crippen LogP contribution is -2.44. The predicted octanol–water partition coefficient (Wildman–Crippen LogP) is 1.38. The molecule has 0 aromatic carbocycles. The maximum Gasteiger partial charge on any atom is 0.248 e. The molecule has 0 bridgehead atoms. The van der Waals surface area contributed by atoms with Gasteiger partial charge in [-0.3, -0.25) is 9.59 Å². The number of hydrogen-bond acceptors (Lipinski definition) is 7. The van der Waals surface area contributed by atoms with Crippen molar-refractivity contribution in [2.24, 2.45) is 0 Å². The Morgan fingerprint density at radius 3 is 2.83 bits per heavy atom. The molecule has 150 valence electrons. The number of rotatable bonds is 4. The molecule has 1 fully saturated rings. The van der Waals surface area contributed by atoms with Gasteiger partial charge >= 0.3 is 0 Å². The number of carbonyl (C=O) groups is 2. The molecule has 1 atom stereocenters. The first-order valence-corrected chi connectivity index (χ1v) is 9.82. The third-order valence-electron chi connectivity index (χ3n) is 4.81. The molecule has 1 aliphatic rings. The quantitative estimate of drug-likeness (QED) is 0.500. The fourth-order valence-electron chi connectivity index (χ4n) is 3.50. The van der Waals surface area contributed by atoms with E-state index in [1.165, 1.54) is 0 Å². The summed E-state index contributed by atoms with van der Waals surface area (Å²) >= 11 is 3.28. The van der Waals surface area contributed by atoms with E-state index in [1.807, 2.05) is 0 Å². The number of nitrogens with two attached hydrogens (primary N) is 2. The Balaban J connectivity index is 1.50. The van der Waals surface area contributed by atoms with Crippen molar-refractivity contribution in [3.8, 4) is 0 Å². The molecule has 2 amide bonds. The average molecular weight is 459 g/mol. The molecule has 0 radical (unpaired) electrons. The number of aromatic nitrogens is 4. The van der Waals surface area contributed by atoms with Crippen LogP contribution in [0.15, 0.2) is 35.1 Å². The smallest absolute Gasteiger partial charge is 0.248 e. The molecule has 10 nitrogen and oxygen atoms in total. The van der Waals surface area contributed by atoms with Crippen LogP contribution in [0.3, 0.4) is 0 Å². The van der Waals surface area contributed by atoms with Gasteiger partial charge in [0.1, 0.15) is 34.5 Å². The number of amides is 2. The largest absolute Gasteiger partial charge is 0.383 e. The van der Waals surface area contributed by atoms with Gasteiger partial charge in [-0.05, 0) is 47.0 Å². The van der Waals surface area contributed by atoms with Crippen molar-refractivity contribution in [1.29, 1.82) is 0 Å². The monoisotopic (exact) mass is 458 g/mol. The van der Waals surface area contributed by atoms with E-state index in [2.05, 4.69) is 36.2 Å². The highest BCUT2D eigenvalue weighted by atomic mass is 79.9. The molecule has 1 aliphatic heterocycles. The lowest BCUT2D eigenvalue weighted by atomic mass is 10.2. The number of nitrogens with zero attached hydrogens (tertiary/aromatic N) is 5. The summed E-state index contributed by atoms with van der Waals surface area (Å²) in [7, 11) is 0. The Morgan fingerprint density at radius 2 is 2.03 bits per heavy atom. The predicted molar refractivity (Wildman–Crippen MR) is 112 cm³/mol. The van der Waals surface area contributed by atoms with Gasteiger partial charge in [-0.15, -0.1) is 0 Å². The van der Waals surface area contributed by atoms with Crippen molar-refractivity contribution in [1.82, 2.24) is 24.4 Å². The number of likely N-dealkylation sites (tertiary alicyclic amines) is 1. The second-order valence-electron chi connectivity index (χ2n) is 6.73. The molecule has 29 heavy (non-hydrogen) atoms. The van der Waals surface area contributed by atoms with Crippen LogP contribution < -0.4 is 16.8 Å². The Hall–Kier alpha value is -3.21. The number of hydrogen-bond donors (Lipinski definition) is 3. The van der Waals surface area contributed by atoms with E-state index in [9.17, 15) is 9.59 Å². The third-order valence-corrected chi connectivity index (χ3v) is 5.25. The van der Waals surface area contributed by atoms with Gasteiger partial charge < -0.3 is 26.3 Å². The van der Waals surface area contributed by atoms with Gasteiger partial charge in [0.25, 0.3) is 0 Å². The maximum atomic E-state index is 12.9. The summed E-state index contributed by atoms with van der Waals surface area (Å²) in [6, 6.07) is 6.44. The minimum Gasteiger partial charge on any atom is -0.383 e. The second kappa shape index (κ2) is 7.66. The molecule has 1 saturated heterocycles. The SMILES string of the molecule is Nc1nc(N)c2ccn(CC(=O)N3CCC[C@H]3C(=O)Nc3cccc(Br)n3)c2n1. The third kappa shape index (κ3) is 3.86. The van der Waals surface area contributed by atoms with E-state index in [-0.39, 0.29) is 30.1 Å². The highest BCUT2D eigenvalue weighted by Crippen LogP contribution is 2.23. The zero-order valence-corrected chi connectivity index (χ0v) is 17.0. The standard InChI is InChI=1S/C18H19BrN8O2/c19-12-4-1-5-13(22-12)23-17(29)11-3-2-7-27(11)14(28)9-26-8-6-10-15(20)24-18(21)25-16(10)26/h1,4-6,8,11H,2-3,7,9H2,(H,22,23,29)(H4,20,21,24,25)/t11-/m0/s1. The first-order chi connectivity index (χ1) is 13.9. The van der Waals surface area contributed by atoms with Gasteiger partial charge in [0.05, 0.1) is 5.39 Å². The minimum absolute atomic E-state index is 0.0261. The summed E-state index contributed by atoms with van der Waals surface area (Å²) in [6.07, 6.45) is 3.06. The van der Waals surface area contributed by atoms with Crippen molar-refractivity contribution < 1.29 is 9.59 Å². The highest BCUT2D eigenvalue weighted by molar-refractivity contribution is 9.10. The molecule has 11 heteroatoms. The number of carbonyl (C=O) groups excluding carboxylic acids is 2. The summed E-state index contributed by atoms with van der Waals surface area (Å²) < 4.78 is 2.28. The molecule has 4 heterocycles. The van der Waals surface area contributed by atoms with Crippen LogP contribution in [0.25, 0.3) is 11.0 Å². The number of pyridine rings is 1. The zero-order valence-electron chi connectivity index (χ0n) is 15.4. The second-order valence-corrected chi connectivity index (χ2v) is 7.54. The fourth-order valence-corrected chi connectivity index (χ4v) is 3.84. The van der Waals surface area contributed by atoms with E-state index in [1.54, 1.807) is 39.9 Å². The van der Waals surface area contributed by atoms with E-state index in [0.717, 1.165) is 6.42 Å². The molecule has 5 N–H and O–H groups in total. The molecule has 4 rings (SSSR count). The first kappa shape index (κ1) is 19.1. The van der Waals surface area contributed by atoms with Crippen LogP contribution in [0, 0.1) is 0 Å². The van der Waals surface area contributed by atoms with Crippen molar-refractivity contribution in [2.45, 2.75) is 25.4 Å². The number of anilines is 3. The summed E-state index contributed by atoms with van der Waals surface area (Å²) in [5.74, 6) is 0.302. The first-order valence-electron chi connectivity index (χ1n) is 9.03. The summed E-state index contributed by atoms with van der Waals surface area (Å²) in [5, 5.41) is 3.41. The van der Waals surface area contributed by atoms with Crippen LogP contribution in [0.2, 0.25) is 0 Å². The molecule has 3 aromatic heterocycles. The van der Waals surface area contributed by atoms with Crippen LogP contribution >= 0.6 is 15.9 Å². The average Bonchev–Trinajstić information content (AvgIpc) is 3.29. The number of nitrogen functional groups attached to an aromatic ring is 2. The molecular formula is C18H19BrN8O2. The van der Waals surface area contributed by atoms with Crippen LogP contribution in [-0.4, -0.2) is 48.8 Å². The lowest BCUT2D eigenvalue weighted by Gasteiger charge is -2.24. The van der Waals surface area contributed by atoms with Gasteiger partial charge in [0, 0.05) is 12.7 Å². The van der Waals surface area contributed by atoms with Gasteiger partial charge in [-0.1, -0.05) is 6.07 Å². The van der Waals surface area contributed by atoms with Crippen LogP contribution in [0.5, 0.6) is 0 Å². The van der Waals surface area contributed by atoms with E-state index >= 15 is 0 Å². The molecule has 0 aliphatic carbocycles. The van der Waals surface area contributed by atoms with Crippen molar-refractivity contribution in [3.63, 3.8) is 0 Å². The molecule has 3 aromatic rings. The number of fused-ring (bicyclic) bond motifs is 1. The zero-order chi connectivity index (χ0) is 20.5. The topological polar surface area (TPSA) is 145 Å². The normalized spacial score (nSPS) is 16.3. The number of halogens is 1. The molecule has 0 unspecified atom stereocenters. The molecule has 0 spiro atoms. The Morgan fingerprint density at radius 1 is 1.21 bits per heavy atom. The molecular weight excluding hydrogens is 440 g/mol. The van der Waals surface area contributed by atoms with Gasteiger partial charge in [0.15, 0.2) is 0 Å². The van der Waals surface area contributed by atoms with E-state index < -0.39 is 6.04 Å². The Labute approximate surface area is 174 Å². The minimum atomic E-state index is -0.546. The van der Waals surface area contributed by atoms with Crippen LogP contribution in [0.1, 0.15) is 12.8 Å². The highest BCUT2D eigenvalue weighted by Gasteiger charge is 2.34. The van der Waals surface area contributed by atoms with Crippen LogP contribution in [0.4, 0.5) is 17.6 Å². The van der Waals surface area contributed by atoms with Crippen molar-refractivity contribution in [2.75, 3.05) is 23.3 Å². The maximum absolute atomic E-state index is 12.9. The summed E-state index contributed by atoms with van der Waals surface area (Å²) in [5.41, 5.74) is 12.0. The van der Waals surface area contributed by atoms with Crippen molar-refractivity contribution >= 4 is 56.4 Å². The Bertz CT molecular complexity index is 1100. The van der Waals surface area contributed by atoms with E-state index in [0.29, 0.717) is 34.4 Å². The number of nitrogens with one attached hydrogen (secondary N) is 1. The van der Waals surface area contributed by atoms with Gasteiger partial charge in [0.2, 0.25) is 17.8 Å². The summed E-state index contributed by atoms with van der Waals surface area (Å²) in [6.45, 7) is 0.541.